The first-order valence-corrected chi connectivity index (χ1v) is 7.65. The van der Waals surface area contributed by atoms with E-state index in [1.807, 2.05) is 11.7 Å². The van der Waals surface area contributed by atoms with E-state index in [0.717, 1.165) is 41.5 Å². The lowest BCUT2D eigenvalue weighted by atomic mass is 9.98. The van der Waals surface area contributed by atoms with Crippen LogP contribution in [0.3, 0.4) is 0 Å². The molecule has 0 aromatic carbocycles. The molecular weight excluding hydrogens is 292 g/mol. The van der Waals surface area contributed by atoms with E-state index < -0.39 is 0 Å². The molecule has 0 radical (unpaired) electrons. The van der Waals surface area contributed by atoms with Gasteiger partial charge in [-0.05, 0) is 41.6 Å². The zero-order chi connectivity index (χ0) is 13.1. The molecule has 0 unspecified atom stereocenters. The summed E-state index contributed by atoms with van der Waals surface area (Å²) in [7, 11) is 1.96. The van der Waals surface area contributed by atoms with Gasteiger partial charge in [0.15, 0.2) is 0 Å². The Labute approximate surface area is 117 Å². The van der Waals surface area contributed by atoms with Gasteiger partial charge in [-0.1, -0.05) is 19.8 Å². The highest BCUT2D eigenvalue weighted by Crippen LogP contribution is 2.28. The van der Waals surface area contributed by atoms with Gasteiger partial charge in [0.05, 0.1) is 15.9 Å². The lowest BCUT2D eigenvalue weighted by molar-refractivity contribution is -0.122. The van der Waals surface area contributed by atoms with E-state index in [1.165, 1.54) is 12.8 Å². The number of nitrogens with zero attached hydrogens (tertiary/aromatic N) is 2. The molecule has 0 spiro atoms. The predicted molar refractivity (Wildman–Crippen MR) is 75.6 cm³/mol. The van der Waals surface area contributed by atoms with Crippen molar-refractivity contribution in [2.75, 3.05) is 0 Å². The van der Waals surface area contributed by atoms with Gasteiger partial charge in [-0.3, -0.25) is 9.48 Å². The second-order valence-corrected chi connectivity index (χ2v) is 5.93. The van der Waals surface area contributed by atoms with Crippen molar-refractivity contribution in [3.05, 3.63) is 15.9 Å². The standard InChI is InChI=1S/C14H21BrN2O/c1-3-11-14(15)12(17(2)16-11)8-9-13(18)10-6-4-5-7-10/h10H,3-9H2,1-2H3. The molecule has 0 aliphatic heterocycles. The third kappa shape index (κ3) is 2.85. The van der Waals surface area contributed by atoms with Gasteiger partial charge in [0.2, 0.25) is 0 Å². The Balaban J connectivity index is 1.97. The highest BCUT2D eigenvalue weighted by atomic mass is 79.9. The number of carbonyl (C=O) groups excluding carboxylic acids is 1. The highest BCUT2D eigenvalue weighted by Gasteiger charge is 2.23. The lowest BCUT2D eigenvalue weighted by Gasteiger charge is -2.08. The topological polar surface area (TPSA) is 34.9 Å². The van der Waals surface area contributed by atoms with E-state index >= 15 is 0 Å². The highest BCUT2D eigenvalue weighted by molar-refractivity contribution is 9.10. The zero-order valence-electron chi connectivity index (χ0n) is 11.2. The Morgan fingerprint density at radius 1 is 1.44 bits per heavy atom. The quantitative estimate of drug-likeness (QED) is 0.834. The van der Waals surface area contributed by atoms with Gasteiger partial charge in [0, 0.05) is 19.4 Å². The number of rotatable bonds is 5. The SMILES string of the molecule is CCc1nn(C)c(CCC(=O)C2CCCC2)c1Br. The van der Waals surface area contributed by atoms with Gasteiger partial charge in [0.1, 0.15) is 5.78 Å². The molecule has 1 aromatic heterocycles. The van der Waals surface area contributed by atoms with Crippen molar-refractivity contribution in [3.63, 3.8) is 0 Å². The third-order valence-corrected chi connectivity index (χ3v) is 4.84. The molecule has 0 bridgehead atoms. The number of Topliss-reactive ketones (excluding diaryl/α,β-unsaturated/α-hetero) is 1. The number of hydrogen-bond donors (Lipinski definition) is 0. The minimum absolute atomic E-state index is 0.336. The minimum atomic E-state index is 0.336. The first kappa shape index (κ1) is 13.8. The fourth-order valence-corrected chi connectivity index (χ4v) is 3.60. The van der Waals surface area contributed by atoms with E-state index in [4.69, 9.17) is 0 Å². The summed E-state index contributed by atoms with van der Waals surface area (Å²) in [5.41, 5.74) is 2.24. The summed E-state index contributed by atoms with van der Waals surface area (Å²) in [5.74, 6) is 0.779. The van der Waals surface area contributed by atoms with Gasteiger partial charge in [-0.25, -0.2) is 0 Å². The van der Waals surface area contributed by atoms with Crippen molar-refractivity contribution >= 4 is 21.7 Å². The summed E-state index contributed by atoms with van der Waals surface area (Å²) >= 11 is 3.60. The Bertz CT molecular complexity index is 433. The zero-order valence-corrected chi connectivity index (χ0v) is 12.8. The van der Waals surface area contributed by atoms with E-state index in [0.29, 0.717) is 18.1 Å². The average Bonchev–Trinajstić information content (AvgIpc) is 2.96. The molecule has 0 amide bonds. The number of ketones is 1. The smallest absolute Gasteiger partial charge is 0.136 e. The van der Waals surface area contributed by atoms with Gasteiger partial charge < -0.3 is 0 Å². The molecule has 0 saturated heterocycles. The lowest BCUT2D eigenvalue weighted by Crippen LogP contribution is -2.12. The monoisotopic (exact) mass is 312 g/mol. The molecule has 2 rings (SSSR count). The predicted octanol–water partition coefficient (Wildman–Crippen LogP) is 3.44. The van der Waals surface area contributed by atoms with Crippen LogP contribution in [-0.4, -0.2) is 15.6 Å². The van der Waals surface area contributed by atoms with Crippen molar-refractivity contribution < 1.29 is 4.79 Å². The molecule has 1 aliphatic rings. The van der Waals surface area contributed by atoms with Crippen molar-refractivity contribution in [3.8, 4) is 0 Å². The fourth-order valence-electron chi connectivity index (χ4n) is 2.78. The summed E-state index contributed by atoms with van der Waals surface area (Å²) in [6, 6.07) is 0. The maximum Gasteiger partial charge on any atom is 0.136 e. The molecule has 100 valence electrons. The Morgan fingerprint density at radius 3 is 2.67 bits per heavy atom. The second-order valence-electron chi connectivity index (χ2n) is 5.13. The molecule has 1 aliphatic carbocycles. The van der Waals surface area contributed by atoms with Gasteiger partial charge in [-0.15, -0.1) is 0 Å². The maximum absolute atomic E-state index is 12.1. The van der Waals surface area contributed by atoms with Crippen LogP contribution in [0.5, 0.6) is 0 Å². The van der Waals surface area contributed by atoms with Crippen molar-refractivity contribution in [1.29, 1.82) is 0 Å². The molecule has 0 N–H and O–H groups in total. The summed E-state index contributed by atoms with van der Waals surface area (Å²) < 4.78 is 3.00. The van der Waals surface area contributed by atoms with E-state index in [-0.39, 0.29) is 0 Å². The number of aryl methyl sites for hydroxylation is 2. The van der Waals surface area contributed by atoms with Crippen molar-refractivity contribution in [2.24, 2.45) is 13.0 Å². The molecule has 3 nitrogen and oxygen atoms in total. The summed E-state index contributed by atoms with van der Waals surface area (Å²) in [5, 5.41) is 4.46. The van der Waals surface area contributed by atoms with E-state index in [9.17, 15) is 4.79 Å². The fraction of sp³-hybridized carbons (Fsp3) is 0.714. The maximum atomic E-state index is 12.1. The molecule has 1 aromatic rings. The average molecular weight is 313 g/mol. The van der Waals surface area contributed by atoms with Crippen LogP contribution in [0.15, 0.2) is 4.47 Å². The molecule has 0 atom stereocenters. The van der Waals surface area contributed by atoms with E-state index in [2.05, 4.69) is 28.0 Å². The normalized spacial score (nSPS) is 16.4. The number of aromatic nitrogens is 2. The summed E-state index contributed by atoms with van der Waals surface area (Å²) in [6.07, 6.45) is 7.05. The first-order chi connectivity index (χ1) is 8.63. The van der Waals surface area contributed by atoms with Crippen LogP contribution >= 0.6 is 15.9 Å². The van der Waals surface area contributed by atoms with Gasteiger partial charge in [-0.2, -0.15) is 5.10 Å². The van der Waals surface area contributed by atoms with Crippen LogP contribution in [0.1, 0.15) is 50.4 Å². The Hall–Kier alpha value is -0.640. The molecule has 1 heterocycles. The molecule has 4 heteroatoms. The number of carbonyl (C=O) groups is 1. The second kappa shape index (κ2) is 6.00. The first-order valence-electron chi connectivity index (χ1n) is 6.86. The molecular formula is C14H21BrN2O. The van der Waals surface area contributed by atoms with Crippen LogP contribution in [-0.2, 0) is 24.7 Å². The van der Waals surface area contributed by atoms with Crippen LogP contribution < -0.4 is 0 Å². The van der Waals surface area contributed by atoms with Gasteiger partial charge >= 0.3 is 0 Å². The largest absolute Gasteiger partial charge is 0.299 e. The van der Waals surface area contributed by atoms with Crippen molar-refractivity contribution in [1.82, 2.24) is 9.78 Å². The number of hydrogen-bond acceptors (Lipinski definition) is 2. The Kier molecular flexibility index (Phi) is 4.60. The summed E-state index contributed by atoms with van der Waals surface area (Å²) in [6.45, 7) is 2.10. The molecule has 18 heavy (non-hydrogen) atoms. The van der Waals surface area contributed by atoms with Crippen LogP contribution in [0.25, 0.3) is 0 Å². The molecule has 1 saturated carbocycles. The van der Waals surface area contributed by atoms with Gasteiger partial charge in [0.25, 0.3) is 0 Å². The molecule has 1 fully saturated rings. The van der Waals surface area contributed by atoms with E-state index in [1.54, 1.807) is 0 Å². The summed E-state index contributed by atoms with van der Waals surface area (Å²) in [4.78, 5) is 12.1. The Morgan fingerprint density at radius 2 is 2.11 bits per heavy atom. The minimum Gasteiger partial charge on any atom is -0.299 e. The van der Waals surface area contributed by atoms with Crippen LogP contribution in [0, 0.1) is 5.92 Å². The van der Waals surface area contributed by atoms with Crippen molar-refractivity contribution in [2.45, 2.75) is 51.9 Å². The number of halogens is 1. The van der Waals surface area contributed by atoms with Crippen LogP contribution in [0.2, 0.25) is 0 Å². The third-order valence-electron chi connectivity index (χ3n) is 3.92. The van der Waals surface area contributed by atoms with Crippen LogP contribution in [0.4, 0.5) is 0 Å².